The zero-order valence-corrected chi connectivity index (χ0v) is 8.52. The third-order valence-corrected chi connectivity index (χ3v) is 2.47. The van der Waals surface area contributed by atoms with E-state index in [2.05, 4.69) is 9.89 Å². The molecule has 0 saturated carbocycles. The zero-order chi connectivity index (χ0) is 10.7. The third-order valence-electron chi connectivity index (χ3n) is 2.47. The number of aliphatic hydroxyl groups is 1. The van der Waals surface area contributed by atoms with Crippen LogP contribution in [0, 0.1) is 0 Å². The van der Waals surface area contributed by atoms with E-state index in [9.17, 15) is 5.11 Å². The summed E-state index contributed by atoms with van der Waals surface area (Å²) in [4.78, 5) is 5.98. The number of rotatable bonds is 1. The minimum absolute atomic E-state index is 0.101. The number of aliphatic imine (C=N–C) groups is 1. The Hall–Kier alpha value is -1.49. The first-order valence-electron chi connectivity index (χ1n) is 5.01. The van der Waals surface area contributed by atoms with Gasteiger partial charge in [0, 0.05) is 37.5 Å². The molecule has 0 amide bonds. The SMILES string of the molecule is NC1=C(O)C(=CN2CCOCC2)CC=N1. The van der Waals surface area contributed by atoms with Crippen molar-refractivity contribution < 1.29 is 9.84 Å². The molecule has 2 aliphatic heterocycles. The Kier molecular flexibility index (Phi) is 2.91. The molecule has 5 nitrogen and oxygen atoms in total. The second-order valence-electron chi connectivity index (χ2n) is 3.55. The van der Waals surface area contributed by atoms with E-state index in [0.29, 0.717) is 6.42 Å². The first-order valence-corrected chi connectivity index (χ1v) is 5.01. The summed E-state index contributed by atoms with van der Waals surface area (Å²) in [6.07, 6.45) is 4.28. The Morgan fingerprint density at radius 3 is 2.93 bits per heavy atom. The van der Waals surface area contributed by atoms with Crippen LogP contribution in [0.1, 0.15) is 6.42 Å². The van der Waals surface area contributed by atoms with Crippen molar-refractivity contribution >= 4 is 6.21 Å². The number of hydrogen-bond acceptors (Lipinski definition) is 5. The molecule has 3 N–H and O–H groups in total. The van der Waals surface area contributed by atoms with Crippen LogP contribution in [0.25, 0.3) is 0 Å². The molecule has 5 heteroatoms. The molecular weight excluding hydrogens is 194 g/mol. The summed E-state index contributed by atoms with van der Waals surface area (Å²) in [7, 11) is 0. The maximum atomic E-state index is 9.68. The van der Waals surface area contributed by atoms with E-state index in [4.69, 9.17) is 10.5 Å². The molecular formula is C10H15N3O2. The van der Waals surface area contributed by atoms with E-state index < -0.39 is 0 Å². The molecule has 2 heterocycles. The van der Waals surface area contributed by atoms with Crippen molar-refractivity contribution in [3.63, 3.8) is 0 Å². The highest BCUT2D eigenvalue weighted by molar-refractivity contribution is 5.67. The fraction of sp³-hybridized carbons (Fsp3) is 0.500. The van der Waals surface area contributed by atoms with E-state index in [1.807, 2.05) is 6.20 Å². The molecule has 0 radical (unpaired) electrons. The number of nitrogens with zero attached hydrogens (tertiary/aromatic N) is 2. The van der Waals surface area contributed by atoms with Crippen LogP contribution in [0.2, 0.25) is 0 Å². The summed E-state index contributed by atoms with van der Waals surface area (Å²) in [6, 6.07) is 0. The first-order chi connectivity index (χ1) is 7.27. The van der Waals surface area contributed by atoms with Crippen LogP contribution in [0.5, 0.6) is 0 Å². The molecule has 1 fully saturated rings. The lowest BCUT2D eigenvalue weighted by molar-refractivity contribution is 0.0589. The predicted octanol–water partition coefficient (Wildman–Crippen LogP) is 0.363. The molecule has 2 aliphatic rings. The van der Waals surface area contributed by atoms with Crippen LogP contribution in [-0.2, 0) is 4.74 Å². The van der Waals surface area contributed by atoms with Gasteiger partial charge in [-0.3, -0.25) is 0 Å². The standard InChI is InChI=1S/C10H15N3O2/c11-10-9(14)8(1-2-12-10)7-13-3-5-15-6-4-13/h2,7,14H,1,3-6,11H2. The molecule has 0 aromatic heterocycles. The lowest BCUT2D eigenvalue weighted by atomic mass is 10.1. The monoisotopic (exact) mass is 209 g/mol. The maximum absolute atomic E-state index is 9.68. The van der Waals surface area contributed by atoms with Gasteiger partial charge < -0.3 is 20.5 Å². The number of allylic oxidation sites excluding steroid dienone is 1. The average Bonchev–Trinajstić information content (AvgIpc) is 2.26. The Labute approximate surface area is 88.5 Å². The number of nitrogens with two attached hydrogens (primary N) is 1. The van der Waals surface area contributed by atoms with Crippen LogP contribution in [0.3, 0.4) is 0 Å². The van der Waals surface area contributed by atoms with Crippen LogP contribution >= 0.6 is 0 Å². The molecule has 0 spiro atoms. The Morgan fingerprint density at radius 2 is 2.20 bits per heavy atom. The second-order valence-corrected chi connectivity index (χ2v) is 3.55. The largest absolute Gasteiger partial charge is 0.504 e. The highest BCUT2D eigenvalue weighted by Crippen LogP contribution is 2.18. The summed E-state index contributed by atoms with van der Waals surface area (Å²) in [6.45, 7) is 3.18. The van der Waals surface area contributed by atoms with E-state index in [1.165, 1.54) is 0 Å². The summed E-state index contributed by atoms with van der Waals surface area (Å²) >= 11 is 0. The highest BCUT2D eigenvalue weighted by atomic mass is 16.5. The van der Waals surface area contributed by atoms with E-state index >= 15 is 0 Å². The second kappa shape index (κ2) is 4.35. The summed E-state index contributed by atoms with van der Waals surface area (Å²) in [5.74, 6) is 0.296. The van der Waals surface area contributed by atoms with E-state index in [0.717, 1.165) is 31.9 Å². The summed E-state index contributed by atoms with van der Waals surface area (Å²) in [5.41, 5.74) is 6.34. The lowest BCUT2D eigenvalue weighted by Crippen LogP contribution is -2.32. The van der Waals surface area contributed by atoms with Gasteiger partial charge in [-0.15, -0.1) is 0 Å². The van der Waals surface area contributed by atoms with Gasteiger partial charge in [0.1, 0.15) is 0 Å². The van der Waals surface area contributed by atoms with Crippen LogP contribution in [-0.4, -0.2) is 42.5 Å². The van der Waals surface area contributed by atoms with Crippen molar-refractivity contribution in [2.75, 3.05) is 26.3 Å². The van der Waals surface area contributed by atoms with E-state index in [-0.39, 0.29) is 11.6 Å². The molecule has 82 valence electrons. The van der Waals surface area contributed by atoms with Crippen LogP contribution in [0.15, 0.2) is 28.3 Å². The van der Waals surface area contributed by atoms with Crippen molar-refractivity contribution in [1.29, 1.82) is 0 Å². The Balaban J connectivity index is 2.09. The average molecular weight is 209 g/mol. The molecule has 0 aromatic carbocycles. The third kappa shape index (κ3) is 2.30. The predicted molar refractivity (Wildman–Crippen MR) is 57.4 cm³/mol. The highest BCUT2D eigenvalue weighted by Gasteiger charge is 2.14. The van der Waals surface area contributed by atoms with Gasteiger partial charge in [0.05, 0.1) is 13.2 Å². The molecule has 0 atom stereocenters. The van der Waals surface area contributed by atoms with Gasteiger partial charge in [0.15, 0.2) is 11.6 Å². The maximum Gasteiger partial charge on any atom is 0.165 e. The molecule has 0 aromatic rings. The molecule has 1 saturated heterocycles. The Morgan fingerprint density at radius 1 is 1.47 bits per heavy atom. The van der Waals surface area contributed by atoms with Gasteiger partial charge in [-0.25, -0.2) is 4.99 Å². The minimum Gasteiger partial charge on any atom is -0.504 e. The number of aliphatic hydroxyl groups excluding tert-OH is 1. The van der Waals surface area contributed by atoms with Crippen molar-refractivity contribution in [2.45, 2.75) is 6.42 Å². The van der Waals surface area contributed by atoms with Gasteiger partial charge in [-0.1, -0.05) is 0 Å². The van der Waals surface area contributed by atoms with Gasteiger partial charge in [-0.05, 0) is 0 Å². The summed E-state index contributed by atoms with van der Waals surface area (Å²) in [5, 5.41) is 9.68. The molecule has 15 heavy (non-hydrogen) atoms. The van der Waals surface area contributed by atoms with Crippen molar-refractivity contribution in [3.05, 3.63) is 23.4 Å². The number of ether oxygens (including phenoxy) is 1. The molecule has 0 aliphatic carbocycles. The van der Waals surface area contributed by atoms with Gasteiger partial charge in [0.2, 0.25) is 0 Å². The fourth-order valence-corrected chi connectivity index (χ4v) is 1.61. The zero-order valence-electron chi connectivity index (χ0n) is 8.52. The van der Waals surface area contributed by atoms with Gasteiger partial charge in [0.25, 0.3) is 0 Å². The van der Waals surface area contributed by atoms with Crippen molar-refractivity contribution in [2.24, 2.45) is 10.7 Å². The number of morpholine rings is 1. The smallest absolute Gasteiger partial charge is 0.165 e. The van der Waals surface area contributed by atoms with Crippen molar-refractivity contribution in [1.82, 2.24) is 4.90 Å². The van der Waals surface area contributed by atoms with Crippen molar-refractivity contribution in [3.8, 4) is 0 Å². The lowest BCUT2D eigenvalue weighted by Gasteiger charge is -2.26. The topological polar surface area (TPSA) is 71.1 Å². The normalized spacial score (nSPS) is 25.1. The Bertz CT molecular complexity index is 328. The van der Waals surface area contributed by atoms with Gasteiger partial charge >= 0.3 is 0 Å². The molecule has 0 unspecified atom stereocenters. The summed E-state index contributed by atoms with van der Waals surface area (Å²) < 4.78 is 5.24. The van der Waals surface area contributed by atoms with Crippen LogP contribution < -0.4 is 5.73 Å². The first kappa shape index (κ1) is 10.0. The number of hydrogen-bond donors (Lipinski definition) is 2. The fourth-order valence-electron chi connectivity index (χ4n) is 1.61. The molecule has 0 bridgehead atoms. The van der Waals surface area contributed by atoms with E-state index in [1.54, 1.807) is 6.21 Å². The van der Waals surface area contributed by atoms with Gasteiger partial charge in [-0.2, -0.15) is 0 Å². The van der Waals surface area contributed by atoms with Crippen LogP contribution in [0.4, 0.5) is 0 Å². The minimum atomic E-state index is 0.101. The molecule has 2 rings (SSSR count). The quantitative estimate of drug-likeness (QED) is 0.654.